The number of carbonyl (C=O) groups excluding carboxylic acids is 2. The highest BCUT2D eigenvalue weighted by molar-refractivity contribution is 7.89. The van der Waals surface area contributed by atoms with Gasteiger partial charge in [0.2, 0.25) is 10.0 Å². The molecule has 0 unspecified atom stereocenters. The van der Waals surface area contributed by atoms with Crippen molar-refractivity contribution in [3.8, 4) is 17.2 Å². The van der Waals surface area contributed by atoms with Gasteiger partial charge in [-0.2, -0.15) is 0 Å². The van der Waals surface area contributed by atoms with Gasteiger partial charge in [-0.15, -0.1) is 0 Å². The molecule has 1 atom stereocenters. The van der Waals surface area contributed by atoms with Gasteiger partial charge in [-0.3, -0.25) is 4.79 Å². The summed E-state index contributed by atoms with van der Waals surface area (Å²) >= 11 is 12.8. The van der Waals surface area contributed by atoms with Gasteiger partial charge in [0, 0.05) is 24.2 Å². The summed E-state index contributed by atoms with van der Waals surface area (Å²) in [7, 11) is -1.25. The number of amides is 1. The van der Waals surface area contributed by atoms with Crippen LogP contribution >= 0.6 is 23.2 Å². The van der Waals surface area contributed by atoms with Crippen LogP contribution in [-0.2, 0) is 19.6 Å². The van der Waals surface area contributed by atoms with E-state index in [-0.39, 0.29) is 43.8 Å². The number of halogens is 2. The van der Waals surface area contributed by atoms with Crippen molar-refractivity contribution in [1.82, 2.24) is 9.62 Å². The molecule has 190 valence electrons. The summed E-state index contributed by atoms with van der Waals surface area (Å²) in [5, 5.41) is 0.0744. The van der Waals surface area contributed by atoms with E-state index in [9.17, 15) is 18.0 Å². The number of carbonyl (C=O) groups is 2. The van der Waals surface area contributed by atoms with Crippen molar-refractivity contribution in [2.45, 2.75) is 43.7 Å². The van der Waals surface area contributed by atoms with Crippen LogP contribution in [0.5, 0.6) is 17.2 Å². The third-order valence-electron chi connectivity index (χ3n) is 5.27. The molecule has 1 aliphatic rings. The first kappa shape index (κ1) is 27.1. The van der Waals surface area contributed by atoms with Crippen LogP contribution in [0.2, 0.25) is 10.0 Å². The first-order valence-corrected chi connectivity index (χ1v) is 13.0. The molecular weight excluding hydrogens is 519 g/mol. The Morgan fingerprint density at radius 1 is 1.11 bits per heavy atom. The first-order chi connectivity index (χ1) is 16.5. The number of methoxy groups -OCH3 is 2. The second kappa shape index (κ2) is 11.0. The van der Waals surface area contributed by atoms with E-state index in [4.69, 9.17) is 37.4 Å². The van der Waals surface area contributed by atoms with E-state index in [0.29, 0.717) is 19.4 Å². The van der Waals surface area contributed by atoms with Crippen LogP contribution in [0.4, 0.5) is 0 Å². The average Bonchev–Trinajstić information content (AvgIpc) is 3.29. The maximum Gasteiger partial charge on any atom is 0.328 e. The predicted molar refractivity (Wildman–Crippen MR) is 131 cm³/mol. The van der Waals surface area contributed by atoms with E-state index in [1.807, 2.05) is 0 Å². The number of nitrogens with one attached hydrogen (secondary N) is 1. The molecule has 35 heavy (non-hydrogen) atoms. The van der Waals surface area contributed by atoms with E-state index >= 15 is 0 Å². The van der Waals surface area contributed by atoms with Crippen molar-refractivity contribution >= 4 is 45.1 Å². The van der Waals surface area contributed by atoms with E-state index in [1.165, 1.54) is 49.5 Å². The number of sulfonamides is 1. The maximum atomic E-state index is 13.0. The number of esters is 1. The molecule has 1 N–H and O–H groups in total. The smallest absolute Gasteiger partial charge is 0.328 e. The minimum Gasteiger partial charge on any atom is -0.495 e. The SMILES string of the molecule is COC(=O)[C@@H]1CCCN1C(=O)c1cc(Cl)c(Oc2ccc(OC)c(S(=O)(=O)NC(C)C)c2)c(Cl)c1. The number of benzene rings is 2. The fourth-order valence-corrected chi connectivity index (χ4v) is 5.76. The third-order valence-corrected chi connectivity index (χ3v) is 7.51. The van der Waals surface area contributed by atoms with Crippen molar-refractivity contribution in [3.05, 3.63) is 45.9 Å². The molecule has 0 spiro atoms. The Bertz CT molecular complexity index is 1210. The van der Waals surface area contributed by atoms with Gasteiger partial charge < -0.3 is 19.1 Å². The van der Waals surface area contributed by atoms with E-state index < -0.39 is 27.9 Å². The molecule has 1 heterocycles. The van der Waals surface area contributed by atoms with Crippen molar-refractivity contribution in [1.29, 1.82) is 0 Å². The molecule has 0 aliphatic carbocycles. The average molecular weight is 545 g/mol. The van der Waals surface area contributed by atoms with Crippen molar-refractivity contribution in [3.63, 3.8) is 0 Å². The second-order valence-electron chi connectivity index (χ2n) is 8.14. The van der Waals surface area contributed by atoms with Gasteiger partial charge in [0.05, 0.1) is 24.3 Å². The lowest BCUT2D eigenvalue weighted by Gasteiger charge is -2.23. The summed E-state index contributed by atoms with van der Waals surface area (Å²) < 4.78 is 43.7. The van der Waals surface area contributed by atoms with Crippen molar-refractivity contribution in [2.75, 3.05) is 20.8 Å². The number of nitrogens with zero attached hydrogens (tertiary/aromatic N) is 1. The lowest BCUT2D eigenvalue weighted by atomic mass is 10.1. The Morgan fingerprint density at radius 2 is 1.77 bits per heavy atom. The Kier molecular flexibility index (Phi) is 8.53. The highest BCUT2D eigenvalue weighted by Gasteiger charge is 2.35. The predicted octanol–water partition coefficient (Wildman–Crippen LogP) is 4.26. The number of hydrogen-bond acceptors (Lipinski definition) is 7. The third kappa shape index (κ3) is 6.00. The zero-order valence-corrected chi connectivity index (χ0v) is 22.0. The van der Waals surface area contributed by atoms with Crippen LogP contribution in [0.1, 0.15) is 37.0 Å². The fourth-order valence-electron chi connectivity index (χ4n) is 3.76. The summed E-state index contributed by atoms with van der Waals surface area (Å²) in [4.78, 5) is 26.4. The van der Waals surface area contributed by atoms with Gasteiger partial charge >= 0.3 is 5.97 Å². The van der Waals surface area contributed by atoms with Gasteiger partial charge in [-0.05, 0) is 51.0 Å². The summed E-state index contributed by atoms with van der Waals surface area (Å²) in [6.07, 6.45) is 1.18. The monoisotopic (exact) mass is 544 g/mol. The Hall–Kier alpha value is -2.53. The van der Waals surface area contributed by atoms with Gasteiger partial charge in [0.15, 0.2) is 5.75 Å². The minimum atomic E-state index is -3.89. The molecular formula is C23H26Cl2N2O7S. The van der Waals surface area contributed by atoms with Crippen molar-refractivity contribution in [2.24, 2.45) is 0 Å². The molecule has 0 saturated carbocycles. The topological polar surface area (TPSA) is 111 Å². The molecule has 2 aromatic carbocycles. The minimum absolute atomic E-state index is 0.0372. The first-order valence-electron chi connectivity index (χ1n) is 10.7. The molecule has 2 aromatic rings. The zero-order chi connectivity index (χ0) is 25.9. The number of hydrogen-bond donors (Lipinski definition) is 1. The van der Waals surface area contributed by atoms with Crippen LogP contribution in [-0.4, -0.2) is 58.0 Å². The molecule has 12 heteroatoms. The van der Waals surface area contributed by atoms with Crippen molar-refractivity contribution < 1.29 is 32.2 Å². The van der Waals surface area contributed by atoms with E-state index in [0.717, 1.165) is 0 Å². The molecule has 9 nitrogen and oxygen atoms in total. The molecule has 0 aromatic heterocycles. The number of ether oxygens (including phenoxy) is 3. The summed E-state index contributed by atoms with van der Waals surface area (Å²) in [5.74, 6) is -0.574. The molecule has 1 saturated heterocycles. The standard InChI is InChI=1S/C23H26Cl2N2O7S/c1-13(2)26-35(30,31)20-12-15(7-8-19(20)32-3)34-21-16(24)10-14(11-17(21)25)22(28)27-9-5-6-18(27)23(29)33-4/h7-8,10-13,18,26H,5-6,9H2,1-4H3/t18-/m0/s1. The Balaban J connectivity index is 1.91. The molecule has 1 amide bonds. The highest BCUT2D eigenvalue weighted by atomic mass is 35.5. The Labute approximate surface area is 214 Å². The Morgan fingerprint density at radius 3 is 2.34 bits per heavy atom. The van der Waals surface area contributed by atoms with Crippen LogP contribution in [0.15, 0.2) is 35.2 Å². The quantitative estimate of drug-likeness (QED) is 0.494. The number of likely N-dealkylation sites (tertiary alicyclic amines) is 1. The lowest BCUT2D eigenvalue weighted by molar-refractivity contribution is -0.145. The van der Waals surface area contributed by atoms with Crippen LogP contribution in [0.3, 0.4) is 0 Å². The molecule has 0 radical (unpaired) electrons. The zero-order valence-electron chi connectivity index (χ0n) is 19.6. The molecule has 1 aliphatic heterocycles. The van der Waals surface area contributed by atoms with Gasteiger partial charge in [-0.1, -0.05) is 23.2 Å². The fraction of sp³-hybridized carbons (Fsp3) is 0.391. The largest absolute Gasteiger partial charge is 0.495 e. The van der Waals surface area contributed by atoms with Crippen LogP contribution < -0.4 is 14.2 Å². The van der Waals surface area contributed by atoms with Gasteiger partial charge in [-0.25, -0.2) is 17.9 Å². The lowest BCUT2D eigenvalue weighted by Crippen LogP contribution is -2.41. The van der Waals surface area contributed by atoms with Gasteiger partial charge in [0.1, 0.15) is 22.4 Å². The summed E-state index contributed by atoms with van der Waals surface area (Å²) in [6, 6.07) is 6.02. The number of rotatable bonds is 8. The van der Waals surface area contributed by atoms with E-state index in [1.54, 1.807) is 13.8 Å². The van der Waals surface area contributed by atoms with E-state index in [2.05, 4.69) is 4.72 Å². The maximum absolute atomic E-state index is 13.0. The van der Waals surface area contributed by atoms with Gasteiger partial charge in [0.25, 0.3) is 5.91 Å². The second-order valence-corrected chi connectivity index (χ2v) is 10.6. The highest BCUT2D eigenvalue weighted by Crippen LogP contribution is 2.39. The molecule has 1 fully saturated rings. The molecule has 3 rings (SSSR count). The van der Waals surface area contributed by atoms with Crippen LogP contribution in [0, 0.1) is 0 Å². The summed E-state index contributed by atoms with van der Waals surface area (Å²) in [5.41, 5.74) is 0.183. The summed E-state index contributed by atoms with van der Waals surface area (Å²) in [6.45, 7) is 3.80. The normalized spacial score (nSPS) is 15.9. The molecule has 0 bridgehead atoms. The van der Waals surface area contributed by atoms with Crippen LogP contribution in [0.25, 0.3) is 0 Å².